The number of hydrogen-bond donors (Lipinski definition) is 0. The molecule has 0 aliphatic carbocycles. The van der Waals surface area contributed by atoms with E-state index in [1.807, 2.05) is 0 Å². The van der Waals surface area contributed by atoms with Crippen LogP contribution >= 0.6 is 11.6 Å². The van der Waals surface area contributed by atoms with Crippen LogP contribution in [0.4, 0.5) is 8.78 Å². The lowest BCUT2D eigenvalue weighted by molar-refractivity contribution is 0.416. The van der Waals surface area contributed by atoms with Gasteiger partial charge in [-0.3, -0.25) is 0 Å². The topological polar surface area (TPSA) is 30.2 Å². The number of benzene rings is 1. The van der Waals surface area contributed by atoms with Gasteiger partial charge in [0.2, 0.25) is 5.82 Å². The van der Waals surface area contributed by atoms with E-state index in [9.17, 15) is 13.6 Å². The second-order valence-electron chi connectivity index (χ2n) is 3.07. The molecule has 0 radical (unpaired) electrons. The molecule has 0 aliphatic rings. The highest BCUT2D eigenvalue weighted by Crippen LogP contribution is 2.21. The van der Waals surface area contributed by atoms with E-state index in [0.29, 0.717) is 10.6 Å². The van der Waals surface area contributed by atoms with Crippen LogP contribution in [0, 0.1) is 11.6 Å². The largest absolute Gasteiger partial charge is 0.420 e. The maximum absolute atomic E-state index is 12.9. The Morgan fingerprint density at radius 1 is 1.12 bits per heavy atom. The molecule has 0 N–H and O–H groups in total. The van der Waals surface area contributed by atoms with Crippen molar-refractivity contribution in [3.63, 3.8) is 0 Å². The first-order chi connectivity index (χ1) is 7.58. The van der Waals surface area contributed by atoms with E-state index in [0.717, 1.165) is 6.07 Å². The molecule has 0 spiro atoms. The molecule has 0 aliphatic heterocycles. The normalized spacial score (nSPS) is 10.4. The Morgan fingerprint density at radius 2 is 1.75 bits per heavy atom. The highest BCUT2D eigenvalue weighted by Gasteiger charge is 2.12. The molecule has 0 fully saturated rings. The quantitative estimate of drug-likeness (QED) is 0.768. The van der Waals surface area contributed by atoms with Gasteiger partial charge in [0.05, 0.1) is 0 Å². The standard InChI is InChI=1S/C11H5ClF2O2/c12-7-3-1-6(2-4-7)9-5-8(13)10(14)11(15)16-9/h1-5H. The highest BCUT2D eigenvalue weighted by molar-refractivity contribution is 6.30. The van der Waals surface area contributed by atoms with E-state index in [2.05, 4.69) is 4.42 Å². The molecule has 1 aromatic carbocycles. The van der Waals surface area contributed by atoms with E-state index in [4.69, 9.17) is 11.6 Å². The fraction of sp³-hybridized carbons (Fsp3) is 0. The van der Waals surface area contributed by atoms with Crippen molar-refractivity contribution in [2.45, 2.75) is 0 Å². The maximum Gasteiger partial charge on any atom is 0.375 e. The van der Waals surface area contributed by atoms with Gasteiger partial charge in [0.15, 0.2) is 5.82 Å². The molecule has 0 atom stereocenters. The van der Waals surface area contributed by atoms with Crippen LogP contribution in [0.15, 0.2) is 39.5 Å². The van der Waals surface area contributed by atoms with E-state index < -0.39 is 17.3 Å². The summed E-state index contributed by atoms with van der Waals surface area (Å²) in [6.07, 6.45) is 0. The Hall–Kier alpha value is -1.68. The third-order valence-corrected chi connectivity index (χ3v) is 2.23. The first kappa shape index (κ1) is 10.8. The summed E-state index contributed by atoms with van der Waals surface area (Å²) in [5.41, 5.74) is -0.884. The molecule has 2 nitrogen and oxygen atoms in total. The molecule has 2 rings (SSSR count). The number of halogens is 3. The van der Waals surface area contributed by atoms with Gasteiger partial charge in [-0.15, -0.1) is 0 Å². The van der Waals surface area contributed by atoms with Crippen molar-refractivity contribution in [2.75, 3.05) is 0 Å². The lowest BCUT2D eigenvalue weighted by Crippen LogP contribution is -2.07. The average Bonchev–Trinajstić information content (AvgIpc) is 2.26. The summed E-state index contributed by atoms with van der Waals surface area (Å²) >= 11 is 5.66. The fourth-order valence-corrected chi connectivity index (χ4v) is 1.33. The van der Waals surface area contributed by atoms with Gasteiger partial charge in [-0.1, -0.05) is 11.6 Å². The third kappa shape index (κ3) is 1.97. The zero-order chi connectivity index (χ0) is 11.7. The van der Waals surface area contributed by atoms with Crippen LogP contribution in [-0.4, -0.2) is 0 Å². The van der Waals surface area contributed by atoms with Crippen molar-refractivity contribution in [1.82, 2.24) is 0 Å². The summed E-state index contributed by atoms with van der Waals surface area (Å²) in [6, 6.07) is 7.01. The molecule has 82 valence electrons. The molecule has 1 heterocycles. The van der Waals surface area contributed by atoms with Crippen molar-refractivity contribution in [2.24, 2.45) is 0 Å². The lowest BCUT2D eigenvalue weighted by Gasteiger charge is -2.00. The SMILES string of the molecule is O=c1oc(-c2ccc(Cl)cc2)cc(F)c1F. The first-order valence-electron chi connectivity index (χ1n) is 4.33. The van der Waals surface area contributed by atoms with Crippen LogP contribution in [0.5, 0.6) is 0 Å². The maximum atomic E-state index is 12.9. The minimum atomic E-state index is -1.52. The Kier molecular flexibility index (Phi) is 2.75. The smallest absolute Gasteiger partial charge is 0.375 e. The van der Waals surface area contributed by atoms with Crippen LogP contribution in [0.3, 0.4) is 0 Å². The zero-order valence-electron chi connectivity index (χ0n) is 7.84. The average molecular weight is 243 g/mol. The second kappa shape index (κ2) is 4.06. The van der Waals surface area contributed by atoms with Crippen LogP contribution in [-0.2, 0) is 0 Å². The van der Waals surface area contributed by atoms with Crippen molar-refractivity contribution < 1.29 is 13.2 Å². The Balaban J connectivity index is 2.57. The Bertz CT molecular complexity index is 576. The number of rotatable bonds is 1. The Labute approximate surface area is 94.1 Å². The van der Waals surface area contributed by atoms with Crippen molar-refractivity contribution in [1.29, 1.82) is 0 Å². The van der Waals surface area contributed by atoms with Gasteiger partial charge in [-0.25, -0.2) is 9.18 Å². The van der Waals surface area contributed by atoms with Gasteiger partial charge in [0.25, 0.3) is 0 Å². The van der Waals surface area contributed by atoms with Gasteiger partial charge >= 0.3 is 5.63 Å². The van der Waals surface area contributed by atoms with Crippen LogP contribution in [0.2, 0.25) is 5.02 Å². The summed E-state index contributed by atoms with van der Waals surface area (Å²) in [5, 5.41) is 0.494. The molecule has 0 saturated carbocycles. The molecule has 5 heteroatoms. The zero-order valence-corrected chi connectivity index (χ0v) is 8.59. The van der Waals surface area contributed by atoms with Crippen LogP contribution in [0.25, 0.3) is 11.3 Å². The Morgan fingerprint density at radius 3 is 2.31 bits per heavy atom. The fourth-order valence-electron chi connectivity index (χ4n) is 1.21. The van der Waals surface area contributed by atoms with Crippen LogP contribution < -0.4 is 5.63 Å². The van der Waals surface area contributed by atoms with E-state index >= 15 is 0 Å². The molecule has 0 saturated heterocycles. The molecule has 1 aromatic heterocycles. The molecule has 16 heavy (non-hydrogen) atoms. The van der Waals surface area contributed by atoms with Crippen molar-refractivity contribution in [3.8, 4) is 11.3 Å². The predicted molar refractivity (Wildman–Crippen MR) is 55.3 cm³/mol. The second-order valence-corrected chi connectivity index (χ2v) is 3.50. The van der Waals surface area contributed by atoms with Gasteiger partial charge in [-0.05, 0) is 24.3 Å². The summed E-state index contributed by atoms with van der Waals surface area (Å²) in [5.74, 6) is -2.79. The summed E-state index contributed by atoms with van der Waals surface area (Å²) < 4.78 is 30.2. The number of hydrogen-bond acceptors (Lipinski definition) is 2. The predicted octanol–water partition coefficient (Wildman–Crippen LogP) is 3.24. The summed E-state index contributed by atoms with van der Waals surface area (Å²) in [7, 11) is 0. The minimum Gasteiger partial charge on any atom is -0.420 e. The monoisotopic (exact) mass is 242 g/mol. The minimum absolute atomic E-state index is 0.0411. The molecule has 2 aromatic rings. The van der Waals surface area contributed by atoms with Crippen molar-refractivity contribution in [3.05, 3.63) is 57.4 Å². The van der Waals surface area contributed by atoms with Gasteiger partial charge in [0.1, 0.15) is 5.76 Å². The van der Waals surface area contributed by atoms with E-state index in [1.165, 1.54) is 12.1 Å². The van der Waals surface area contributed by atoms with Gasteiger partial charge < -0.3 is 4.42 Å². The molecular weight excluding hydrogens is 238 g/mol. The molecule has 0 unspecified atom stereocenters. The molecule has 0 amide bonds. The summed E-state index contributed by atoms with van der Waals surface area (Å²) in [6.45, 7) is 0. The van der Waals surface area contributed by atoms with E-state index in [-0.39, 0.29) is 5.76 Å². The third-order valence-electron chi connectivity index (χ3n) is 1.98. The van der Waals surface area contributed by atoms with E-state index in [1.54, 1.807) is 12.1 Å². The molecular formula is C11H5ClF2O2. The lowest BCUT2D eigenvalue weighted by atomic mass is 10.1. The van der Waals surface area contributed by atoms with Crippen LogP contribution in [0.1, 0.15) is 0 Å². The van der Waals surface area contributed by atoms with Gasteiger partial charge in [-0.2, -0.15) is 4.39 Å². The summed E-state index contributed by atoms with van der Waals surface area (Å²) in [4.78, 5) is 10.9. The highest BCUT2D eigenvalue weighted by atomic mass is 35.5. The van der Waals surface area contributed by atoms with Crippen molar-refractivity contribution >= 4 is 11.6 Å². The molecule has 0 bridgehead atoms. The van der Waals surface area contributed by atoms with Gasteiger partial charge in [0, 0.05) is 16.7 Å². The first-order valence-corrected chi connectivity index (χ1v) is 4.71.